The van der Waals surface area contributed by atoms with Crippen molar-refractivity contribution in [1.29, 1.82) is 0 Å². The van der Waals surface area contributed by atoms with Gasteiger partial charge in [0.15, 0.2) is 0 Å². The summed E-state index contributed by atoms with van der Waals surface area (Å²) in [5.74, 6) is -2.22. The van der Waals surface area contributed by atoms with Crippen LogP contribution in [0.5, 0.6) is 5.75 Å². The molecule has 0 unspecified atom stereocenters. The van der Waals surface area contributed by atoms with Gasteiger partial charge in [-0.2, -0.15) is 0 Å². The van der Waals surface area contributed by atoms with Crippen LogP contribution in [-0.4, -0.2) is 53.4 Å². The molecule has 8 N–H and O–H groups in total. The molecule has 0 heterocycles. The summed E-state index contributed by atoms with van der Waals surface area (Å²) in [5, 5.41) is 19.2. The van der Waals surface area contributed by atoms with E-state index in [0.29, 0.717) is 12.8 Å². The maximum absolute atomic E-state index is 12.8. The monoisotopic (exact) mass is 533 g/mol. The number of nitrogens with one attached hydrogen (secondary N) is 3. The number of phenols is 1. The van der Waals surface area contributed by atoms with Crippen LogP contribution < -0.4 is 27.4 Å². The second-order valence-electron chi connectivity index (χ2n) is 9.45. The summed E-state index contributed by atoms with van der Waals surface area (Å²) >= 11 is 0. The molecule has 10 heteroatoms. The zero-order chi connectivity index (χ0) is 28.4. The third-order valence-electron chi connectivity index (χ3n) is 6.29. The van der Waals surface area contributed by atoms with Gasteiger partial charge in [0.25, 0.3) is 0 Å². The predicted molar refractivity (Wildman–Crippen MR) is 148 cm³/mol. The minimum absolute atomic E-state index is 0.108. The number of amides is 4. The number of benzene rings is 3. The average Bonchev–Trinajstić information content (AvgIpc) is 2.92. The topological polar surface area (TPSA) is 177 Å². The van der Waals surface area contributed by atoms with E-state index in [-0.39, 0.29) is 18.6 Å². The molecule has 4 amide bonds. The molecule has 0 aromatic heterocycles. The molecule has 206 valence electrons. The van der Waals surface area contributed by atoms with Gasteiger partial charge in [-0.05, 0) is 46.9 Å². The van der Waals surface area contributed by atoms with Crippen molar-refractivity contribution in [3.63, 3.8) is 0 Å². The lowest BCUT2D eigenvalue weighted by Gasteiger charge is -2.21. The van der Waals surface area contributed by atoms with Gasteiger partial charge in [0.1, 0.15) is 17.8 Å². The highest BCUT2D eigenvalue weighted by atomic mass is 16.3. The first-order valence-electron chi connectivity index (χ1n) is 12.8. The Morgan fingerprint density at radius 3 is 2.15 bits per heavy atom. The number of carbonyl (C=O) groups is 4. The van der Waals surface area contributed by atoms with Crippen LogP contribution in [-0.2, 0) is 32.0 Å². The lowest BCUT2D eigenvalue weighted by atomic mass is 10.0. The van der Waals surface area contributed by atoms with Crippen LogP contribution in [0, 0.1) is 0 Å². The van der Waals surface area contributed by atoms with Crippen LogP contribution in [0.2, 0.25) is 0 Å². The van der Waals surface area contributed by atoms with Crippen molar-refractivity contribution in [1.82, 2.24) is 16.0 Å². The molecular weight excluding hydrogens is 498 g/mol. The summed E-state index contributed by atoms with van der Waals surface area (Å²) in [4.78, 5) is 49.9. The Bertz CT molecular complexity index is 1310. The fourth-order valence-corrected chi connectivity index (χ4v) is 4.18. The first kappa shape index (κ1) is 29.1. The van der Waals surface area contributed by atoms with Crippen molar-refractivity contribution in [3.8, 4) is 5.75 Å². The quantitative estimate of drug-likeness (QED) is 0.191. The molecule has 3 aromatic rings. The van der Waals surface area contributed by atoms with Gasteiger partial charge >= 0.3 is 0 Å². The molecule has 0 radical (unpaired) electrons. The Labute approximate surface area is 227 Å². The summed E-state index contributed by atoms with van der Waals surface area (Å²) in [7, 11) is 0. The highest BCUT2D eigenvalue weighted by Gasteiger charge is 2.25. The number of fused-ring (bicyclic) bond motifs is 1. The molecule has 0 saturated heterocycles. The van der Waals surface area contributed by atoms with Crippen LogP contribution in [0.15, 0.2) is 66.7 Å². The number of carbonyl (C=O) groups excluding carboxylic acids is 4. The van der Waals surface area contributed by atoms with Gasteiger partial charge in [0, 0.05) is 6.42 Å². The number of phenolic OH excluding ortho intramolecular Hbond substituents is 1. The Morgan fingerprint density at radius 2 is 1.49 bits per heavy atom. The van der Waals surface area contributed by atoms with E-state index in [9.17, 15) is 24.3 Å². The Hall–Kier alpha value is -4.44. The van der Waals surface area contributed by atoms with E-state index in [1.807, 2.05) is 49.4 Å². The first-order chi connectivity index (χ1) is 18.7. The normalized spacial score (nSPS) is 13.2. The second kappa shape index (κ2) is 13.9. The zero-order valence-electron chi connectivity index (χ0n) is 21.9. The first-order valence-corrected chi connectivity index (χ1v) is 12.8. The summed E-state index contributed by atoms with van der Waals surface area (Å²) in [6, 6.07) is 17.1. The van der Waals surface area contributed by atoms with E-state index in [1.54, 1.807) is 12.1 Å². The third kappa shape index (κ3) is 8.82. The van der Waals surface area contributed by atoms with Gasteiger partial charge in [-0.15, -0.1) is 0 Å². The van der Waals surface area contributed by atoms with Gasteiger partial charge in [0.2, 0.25) is 23.6 Å². The van der Waals surface area contributed by atoms with Gasteiger partial charge < -0.3 is 32.5 Å². The SMILES string of the molecule is CCC[C@@H](NC(=O)[C@@H](N)Cc1ccc(O)cc1)C(=O)NCC(=O)N[C@@H](Cc1ccc2ccccc2c1)C(N)=O. The Morgan fingerprint density at radius 1 is 0.821 bits per heavy atom. The third-order valence-corrected chi connectivity index (χ3v) is 6.29. The number of nitrogens with two attached hydrogens (primary N) is 2. The number of hydrogen-bond acceptors (Lipinski definition) is 6. The van der Waals surface area contributed by atoms with Crippen LogP contribution >= 0.6 is 0 Å². The number of hydrogen-bond donors (Lipinski definition) is 6. The second-order valence-corrected chi connectivity index (χ2v) is 9.45. The van der Waals surface area contributed by atoms with Crippen molar-refractivity contribution in [2.45, 2.75) is 50.7 Å². The molecule has 0 saturated carbocycles. The van der Waals surface area contributed by atoms with Gasteiger partial charge in [-0.1, -0.05) is 67.9 Å². The van der Waals surface area contributed by atoms with Crippen LogP contribution in [0.1, 0.15) is 30.9 Å². The fourth-order valence-electron chi connectivity index (χ4n) is 4.18. The van der Waals surface area contributed by atoms with E-state index in [1.165, 1.54) is 12.1 Å². The molecule has 0 spiro atoms. The molecule has 3 rings (SSSR count). The zero-order valence-corrected chi connectivity index (χ0v) is 21.9. The average molecular weight is 534 g/mol. The molecule has 0 aliphatic rings. The highest BCUT2D eigenvalue weighted by molar-refractivity contribution is 5.93. The molecule has 0 bridgehead atoms. The largest absolute Gasteiger partial charge is 0.508 e. The summed E-state index contributed by atoms with van der Waals surface area (Å²) < 4.78 is 0. The van der Waals surface area contributed by atoms with Crippen LogP contribution in [0.3, 0.4) is 0 Å². The summed E-state index contributed by atoms with van der Waals surface area (Å²) in [5.41, 5.74) is 13.1. The molecule has 3 aromatic carbocycles. The number of rotatable bonds is 13. The van der Waals surface area contributed by atoms with Crippen molar-refractivity contribution >= 4 is 34.4 Å². The van der Waals surface area contributed by atoms with Crippen molar-refractivity contribution in [2.75, 3.05) is 6.54 Å². The van der Waals surface area contributed by atoms with E-state index < -0.39 is 48.3 Å². The van der Waals surface area contributed by atoms with Gasteiger partial charge in [0.05, 0.1) is 12.6 Å². The van der Waals surface area contributed by atoms with Crippen molar-refractivity contribution in [3.05, 3.63) is 77.9 Å². The van der Waals surface area contributed by atoms with E-state index in [2.05, 4.69) is 16.0 Å². The molecule has 0 aliphatic carbocycles. The van der Waals surface area contributed by atoms with Crippen molar-refractivity contribution < 1.29 is 24.3 Å². The lowest BCUT2D eigenvalue weighted by Crippen LogP contribution is -2.54. The maximum atomic E-state index is 12.8. The molecule has 39 heavy (non-hydrogen) atoms. The van der Waals surface area contributed by atoms with Gasteiger partial charge in [-0.25, -0.2) is 0 Å². The van der Waals surface area contributed by atoms with Crippen LogP contribution in [0.25, 0.3) is 10.8 Å². The standard InChI is InChI=1S/C29H35N5O5/c1-2-5-24(34-28(38)23(30)15-18-9-12-22(35)13-10-18)29(39)32-17-26(36)33-25(27(31)37)16-19-8-11-20-6-3-4-7-21(20)14-19/h3-4,6-14,23-25,35H,2,5,15-17,30H2,1H3,(H2,31,37)(H,32,39)(H,33,36)(H,34,38)/t23-,24+,25-/m0/s1. The molecular formula is C29H35N5O5. The number of primary amides is 1. The van der Waals surface area contributed by atoms with Crippen LogP contribution in [0.4, 0.5) is 0 Å². The Balaban J connectivity index is 1.52. The predicted octanol–water partition coefficient (Wildman–Crippen LogP) is 1.03. The summed E-state index contributed by atoms with van der Waals surface area (Å²) in [6.45, 7) is 1.47. The Kier molecular flexibility index (Phi) is 10.4. The van der Waals surface area contributed by atoms with E-state index in [0.717, 1.165) is 21.9 Å². The van der Waals surface area contributed by atoms with E-state index in [4.69, 9.17) is 11.5 Å². The molecule has 0 fully saturated rings. The van der Waals surface area contributed by atoms with Crippen molar-refractivity contribution in [2.24, 2.45) is 11.5 Å². The minimum atomic E-state index is -0.959. The highest BCUT2D eigenvalue weighted by Crippen LogP contribution is 2.17. The molecule has 3 atom stereocenters. The smallest absolute Gasteiger partial charge is 0.243 e. The maximum Gasteiger partial charge on any atom is 0.243 e. The van der Waals surface area contributed by atoms with E-state index >= 15 is 0 Å². The fraction of sp³-hybridized carbons (Fsp3) is 0.310. The van der Waals surface area contributed by atoms with Gasteiger partial charge in [-0.3, -0.25) is 19.2 Å². The lowest BCUT2D eigenvalue weighted by molar-refractivity contribution is -0.131. The minimum Gasteiger partial charge on any atom is -0.508 e. The number of aromatic hydroxyl groups is 1. The molecule has 10 nitrogen and oxygen atoms in total. The molecule has 0 aliphatic heterocycles. The summed E-state index contributed by atoms with van der Waals surface area (Å²) in [6.07, 6.45) is 1.37.